The van der Waals surface area contributed by atoms with Crippen LogP contribution >= 0.6 is 0 Å². The van der Waals surface area contributed by atoms with Crippen LogP contribution in [0.1, 0.15) is 85.5 Å². The van der Waals surface area contributed by atoms with Crippen LogP contribution in [0.2, 0.25) is 0 Å². The van der Waals surface area contributed by atoms with E-state index >= 15 is 0 Å². The van der Waals surface area contributed by atoms with Gasteiger partial charge in [0.05, 0.1) is 18.8 Å². The fraction of sp³-hybridized carbons (Fsp3) is 0.974. The SMILES string of the molecule is CC1C2C(C[C@H]3[C@@H]4CC[C@H]5C[C@@H](O[C@@H]6O[C@H](CF)[C@@H](O[C@@H]7O[C@H](CF)[C@@H](O)[C@H](O)[C@H]7O)[C@H](O)[C@H]6O)CC[C@]5(C)[C@H]4C(=O)C[C@]23C)O[C@]12CC[C@@H](C)CO2. The minimum Gasteiger partial charge on any atom is -0.387 e. The van der Waals surface area contributed by atoms with Gasteiger partial charge < -0.3 is 54.0 Å². The third kappa shape index (κ3) is 6.10. The molecule has 302 valence electrons. The Hall–Kier alpha value is -0.910. The van der Waals surface area contributed by atoms with Crippen molar-refractivity contribution in [2.24, 2.45) is 52.3 Å². The van der Waals surface area contributed by atoms with Crippen LogP contribution in [0, 0.1) is 52.3 Å². The summed E-state index contributed by atoms with van der Waals surface area (Å²) in [5.74, 6) is 1.75. The first-order chi connectivity index (χ1) is 25.2. The van der Waals surface area contributed by atoms with Crippen LogP contribution < -0.4 is 0 Å². The number of carbonyl (C=O) groups is 1. The molecule has 8 rings (SSSR count). The van der Waals surface area contributed by atoms with Crippen LogP contribution in [0.15, 0.2) is 0 Å². The molecule has 8 aliphatic rings. The maximum Gasteiger partial charge on any atom is 0.187 e. The van der Waals surface area contributed by atoms with Crippen molar-refractivity contribution in [1.29, 1.82) is 0 Å². The summed E-state index contributed by atoms with van der Waals surface area (Å²) in [6, 6.07) is 0. The topological polar surface area (TPSA) is 174 Å². The van der Waals surface area contributed by atoms with E-state index < -0.39 is 80.5 Å². The van der Waals surface area contributed by atoms with Crippen molar-refractivity contribution in [2.45, 2.75) is 165 Å². The lowest BCUT2D eigenvalue weighted by Gasteiger charge is -2.60. The lowest BCUT2D eigenvalue weighted by atomic mass is 9.44. The third-order valence-electron chi connectivity index (χ3n) is 15.8. The number of hydrogen-bond acceptors (Lipinski definition) is 12. The van der Waals surface area contributed by atoms with E-state index in [0.717, 1.165) is 45.1 Å². The zero-order chi connectivity index (χ0) is 37.8. The molecule has 3 unspecified atom stereocenters. The van der Waals surface area contributed by atoms with Crippen LogP contribution in [0.5, 0.6) is 0 Å². The molecule has 0 aromatic rings. The van der Waals surface area contributed by atoms with E-state index in [1.165, 1.54) is 0 Å². The molecule has 0 amide bonds. The van der Waals surface area contributed by atoms with Crippen LogP contribution in [-0.4, -0.2) is 131 Å². The number of hydrogen-bond donors (Lipinski definition) is 5. The molecule has 5 N–H and O–H groups in total. The van der Waals surface area contributed by atoms with Crippen molar-refractivity contribution in [3.8, 4) is 0 Å². The molecule has 4 heterocycles. The van der Waals surface area contributed by atoms with Gasteiger partial charge >= 0.3 is 0 Å². The predicted molar refractivity (Wildman–Crippen MR) is 181 cm³/mol. The second-order valence-corrected chi connectivity index (χ2v) is 18.6. The Bertz CT molecular complexity index is 1350. The van der Waals surface area contributed by atoms with Gasteiger partial charge in [-0.1, -0.05) is 27.7 Å². The maximum atomic E-state index is 14.5. The Balaban J connectivity index is 0.911. The Kier molecular flexibility index (Phi) is 10.4. The Labute approximate surface area is 310 Å². The van der Waals surface area contributed by atoms with Crippen LogP contribution in [0.3, 0.4) is 0 Å². The van der Waals surface area contributed by atoms with Crippen molar-refractivity contribution >= 4 is 5.78 Å². The smallest absolute Gasteiger partial charge is 0.187 e. The molecule has 0 radical (unpaired) electrons. The molecule has 0 aromatic carbocycles. The minimum absolute atomic E-state index is 0.0451. The summed E-state index contributed by atoms with van der Waals surface area (Å²) in [6.07, 6.45) is -9.24. The van der Waals surface area contributed by atoms with Gasteiger partial charge in [0.1, 0.15) is 68.0 Å². The van der Waals surface area contributed by atoms with Gasteiger partial charge in [0.15, 0.2) is 18.4 Å². The molecule has 4 aliphatic carbocycles. The summed E-state index contributed by atoms with van der Waals surface area (Å²) in [6.45, 7) is 7.51. The van der Waals surface area contributed by atoms with E-state index in [9.17, 15) is 39.1 Å². The molecule has 14 heteroatoms. The van der Waals surface area contributed by atoms with Crippen molar-refractivity contribution in [3.63, 3.8) is 0 Å². The molecule has 4 aliphatic heterocycles. The minimum atomic E-state index is -1.83. The van der Waals surface area contributed by atoms with Crippen molar-refractivity contribution in [2.75, 3.05) is 20.0 Å². The Morgan fingerprint density at radius 2 is 1.49 bits per heavy atom. The van der Waals surface area contributed by atoms with Gasteiger partial charge in [-0.2, -0.15) is 0 Å². The number of halogens is 2. The Morgan fingerprint density at radius 1 is 0.792 bits per heavy atom. The Morgan fingerprint density at radius 3 is 2.19 bits per heavy atom. The first-order valence-corrected chi connectivity index (χ1v) is 20.1. The number of alkyl halides is 2. The number of Topliss-reactive ketones (excluding diaryl/α,β-unsaturated/α-hetero) is 1. The number of ether oxygens (including phenoxy) is 6. The van der Waals surface area contributed by atoms with Gasteiger partial charge in [-0.15, -0.1) is 0 Å². The fourth-order valence-electron chi connectivity index (χ4n) is 13.0. The normalized spacial score (nSPS) is 58.2. The molecule has 4 saturated heterocycles. The summed E-state index contributed by atoms with van der Waals surface area (Å²) in [7, 11) is 0. The van der Waals surface area contributed by atoms with E-state index in [2.05, 4.69) is 27.7 Å². The molecule has 22 atom stereocenters. The van der Waals surface area contributed by atoms with E-state index in [0.29, 0.717) is 48.7 Å². The van der Waals surface area contributed by atoms with Crippen LogP contribution in [0.25, 0.3) is 0 Å². The monoisotopic (exact) mass is 758 g/mol. The molecule has 0 aromatic heterocycles. The summed E-state index contributed by atoms with van der Waals surface area (Å²) in [5.41, 5.74) is -0.333. The second-order valence-electron chi connectivity index (χ2n) is 18.6. The van der Waals surface area contributed by atoms with Crippen molar-refractivity contribution in [1.82, 2.24) is 0 Å². The van der Waals surface area contributed by atoms with E-state index in [-0.39, 0.29) is 40.8 Å². The van der Waals surface area contributed by atoms with Gasteiger partial charge in [0.2, 0.25) is 0 Å². The molecular weight excluding hydrogens is 698 g/mol. The highest BCUT2D eigenvalue weighted by molar-refractivity contribution is 5.84. The van der Waals surface area contributed by atoms with Gasteiger partial charge in [0, 0.05) is 24.7 Å². The summed E-state index contributed by atoms with van der Waals surface area (Å²) in [5, 5.41) is 52.6. The maximum absolute atomic E-state index is 14.5. The number of carbonyl (C=O) groups excluding carboxylic acids is 1. The number of ketones is 1. The van der Waals surface area contributed by atoms with E-state index in [1.807, 2.05) is 0 Å². The van der Waals surface area contributed by atoms with Crippen molar-refractivity contribution < 1.29 is 67.5 Å². The van der Waals surface area contributed by atoms with E-state index in [1.54, 1.807) is 0 Å². The lowest BCUT2D eigenvalue weighted by molar-refractivity contribution is -0.362. The lowest BCUT2D eigenvalue weighted by Crippen LogP contribution is -2.64. The highest BCUT2D eigenvalue weighted by Crippen LogP contribution is 2.70. The molecule has 8 fully saturated rings. The zero-order valence-electron chi connectivity index (χ0n) is 31.3. The summed E-state index contributed by atoms with van der Waals surface area (Å²) >= 11 is 0. The third-order valence-corrected chi connectivity index (χ3v) is 15.8. The molecule has 1 spiro atoms. The number of aliphatic hydroxyl groups is 5. The van der Waals surface area contributed by atoms with Gasteiger partial charge in [-0.3, -0.25) is 4.79 Å². The fourth-order valence-corrected chi connectivity index (χ4v) is 13.0. The van der Waals surface area contributed by atoms with Crippen molar-refractivity contribution in [3.05, 3.63) is 0 Å². The van der Waals surface area contributed by atoms with Crippen LogP contribution in [0.4, 0.5) is 8.78 Å². The molecular formula is C39H60F2O12. The summed E-state index contributed by atoms with van der Waals surface area (Å²) < 4.78 is 64.0. The molecule has 4 saturated carbocycles. The number of aliphatic hydroxyl groups excluding tert-OH is 5. The molecule has 53 heavy (non-hydrogen) atoms. The second kappa shape index (κ2) is 14.2. The zero-order valence-corrected chi connectivity index (χ0v) is 31.3. The highest BCUT2D eigenvalue weighted by Gasteiger charge is 2.71. The quantitative estimate of drug-likeness (QED) is 0.251. The highest BCUT2D eigenvalue weighted by atomic mass is 19.1. The van der Waals surface area contributed by atoms with Gasteiger partial charge in [0.25, 0.3) is 0 Å². The van der Waals surface area contributed by atoms with Gasteiger partial charge in [-0.25, -0.2) is 8.78 Å². The summed E-state index contributed by atoms with van der Waals surface area (Å²) in [4.78, 5) is 14.5. The predicted octanol–water partition coefficient (Wildman–Crippen LogP) is 2.58. The van der Waals surface area contributed by atoms with E-state index in [4.69, 9.17) is 28.4 Å². The largest absolute Gasteiger partial charge is 0.387 e. The molecule has 0 bridgehead atoms. The van der Waals surface area contributed by atoms with Crippen LogP contribution in [-0.2, 0) is 33.2 Å². The molecule has 12 nitrogen and oxygen atoms in total. The standard InChI is InChI=1S/C39H60F2O12/c1-17-7-10-39(48-16-17)18(2)27-24(53-39)12-22-21-6-5-19-11-20(8-9-37(19,3)28(21)23(42)13-38(22,27)4)49-35-33(47)31(45)34(26(15-41)51-35)52-36-32(46)30(44)29(43)25(14-40)50-36/h17-22,24-36,43-47H,5-16H2,1-4H3/t17-,18?,19+,20+,21+,22+,24?,25-,26-,27?,28-,29-,30+,31-,32-,33-,34-,35-,36+,37+,38+,39-/m1/s1. The average molecular weight is 759 g/mol. The average Bonchev–Trinajstić information content (AvgIpc) is 3.57. The van der Waals surface area contributed by atoms with Gasteiger partial charge in [-0.05, 0) is 85.4 Å². The first-order valence-electron chi connectivity index (χ1n) is 20.1. The number of rotatable bonds is 6. The number of fused-ring (bicyclic) bond motifs is 7. The first kappa shape index (κ1) is 38.9.